The number of nitrogens with zero attached hydrogens (tertiary/aromatic N) is 1. The lowest BCUT2D eigenvalue weighted by Crippen LogP contribution is -2.24. The molecule has 144 valence electrons. The lowest BCUT2D eigenvalue weighted by atomic mass is 9.89. The molecular weight excluding hydrogens is 384 g/mol. The van der Waals surface area contributed by atoms with E-state index in [1.807, 2.05) is 18.3 Å². The molecule has 2 heterocycles. The number of piperidine rings is 1. The van der Waals surface area contributed by atoms with Gasteiger partial charge in [-0.2, -0.15) is 8.42 Å². The molecule has 0 amide bonds. The summed E-state index contributed by atoms with van der Waals surface area (Å²) in [5.41, 5.74) is 8.12. The summed E-state index contributed by atoms with van der Waals surface area (Å²) in [7, 11) is -3.67. The molecule has 0 bridgehead atoms. The minimum Gasteiger partial charge on any atom is -0.316 e. The van der Waals surface area contributed by atoms with Crippen molar-refractivity contribution in [3.05, 3.63) is 69.5 Å². The number of rotatable bonds is 0. The van der Waals surface area contributed by atoms with E-state index in [1.54, 1.807) is 0 Å². The molecule has 27 heavy (non-hydrogen) atoms. The van der Waals surface area contributed by atoms with Crippen LogP contribution in [-0.4, -0.2) is 37.3 Å². The predicted octanol–water partition coefficient (Wildman–Crippen LogP) is 3.52. The zero-order valence-electron chi connectivity index (χ0n) is 15.2. The monoisotopic (exact) mass is 406 g/mol. The van der Waals surface area contributed by atoms with E-state index in [1.165, 1.54) is 33.5 Å². The van der Waals surface area contributed by atoms with Crippen LogP contribution in [0, 0.1) is 0 Å². The Balaban J connectivity index is 0.000000376. The Morgan fingerprint density at radius 1 is 1.07 bits per heavy atom. The third-order valence-electron chi connectivity index (χ3n) is 4.69. The summed E-state index contributed by atoms with van der Waals surface area (Å²) < 4.78 is 25.9. The van der Waals surface area contributed by atoms with Gasteiger partial charge in [-0.25, -0.2) is 0 Å². The van der Waals surface area contributed by atoms with Gasteiger partial charge in [0.15, 0.2) is 0 Å². The summed E-state index contributed by atoms with van der Waals surface area (Å²) in [6, 6.07) is 10.6. The minimum atomic E-state index is -3.67. The molecule has 1 saturated heterocycles. The van der Waals surface area contributed by atoms with Crippen LogP contribution in [0.25, 0.3) is 5.57 Å². The summed E-state index contributed by atoms with van der Waals surface area (Å²) in [6.45, 7) is 2.12. The van der Waals surface area contributed by atoms with Crippen LogP contribution in [0.3, 0.4) is 0 Å². The number of nitrogens with one attached hydrogen (secondary N) is 1. The summed E-state index contributed by atoms with van der Waals surface area (Å²) >= 11 is 6.23. The fraction of sp³-hybridized carbons (Fsp3) is 0.350. The zero-order valence-corrected chi connectivity index (χ0v) is 16.8. The van der Waals surface area contributed by atoms with Crippen molar-refractivity contribution in [3.8, 4) is 0 Å². The first kappa shape index (κ1) is 20.0. The Labute approximate surface area is 165 Å². The van der Waals surface area contributed by atoms with E-state index in [0.29, 0.717) is 6.26 Å². The molecule has 1 aliphatic heterocycles. The molecule has 0 unspecified atom stereocenters. The smallest absolute Gasteiger partial charge is 0.261 e. The van der Waals surface area contributed by atoms with Gasteiger partial charge >= 0.3 is 0 Å². The molecule has 2 N–H and O–H groups in total. The lowest BCUT2D eigenvalue weighted by molar-refractivity contribution is 0.490. The fourth-order valence-electron chi connectivity index (χ4n) is 3.61. The van der Waals surface area contributed by atoms with Crippen molar-refractivity contribution in [2.75, 3.05) is 19.3 Å². The maximum absolute atomic E-state index is 9.19. The predicted molar refractivity (Wildman–Crippen MR) is 109 cm³/mol. The van der Waals surface area contributed by atoms with Crippen molar-refractivity contribution in [2.45, 2.75) is 25.7 Å². The third-order valence-corrected chi connectivity index (χ3v) is 4.92. The van der Waals surface area contributed by atoms with E-state index < -0.39 is 10.1 Å². The van der Waals surface area contributed by atoms with Crippen LogP contribution in [0.1, 0.15) is 35.2 Å². The average molecular weight is 407 g/mol. The summed E-state index contributed by atoms with van der Waals surface area (Å²) in [4.78, 5) is 4.75. The topological polar surface area (TPSA) is 79.3 Å². The second-order valence-corrected chi connectivity index (χ2v) is 8.68. The van der Waals surface area contributed by atoms with Crippen molar-refractivity contribution >= 4 is 27.3 Å². The van der Waals surface area contributed by atoms with E-state index in [4.69, 9.17) is 21.1 Å². The minimum absolute atomic E-state index is 0.715. The van der Waals surface area contributed by atoms with Crippen LogP contribution >= 0.6 is 11.6 Å². The van der Waals surface area contributed by atoms with Crippen LogP contribution < -0.4 is 5.32 Å². The molecule has 0 saturated carbocycles. The number of aryl methyl sites for hydroxylation is 2. The first-order valence-electron chi connectivity index (χ1n) is 8.91. The summed E-state index contributed by atoms with van der Waals surface area (Å²) in [6.07, 6.45) is 6.91. The molecule has 1 fully saturated rings. The van der Waals surface area contributed by atoms with Crippen molar-refractivity contribution in [1.82, 2.24) is 10.3 Å². The van der Waals surface area contributed by atoms with Crippen molar-refractivity contribution in [1.29, 1.82) is 0 Å². The van der Waals surface area contributed by atoms with Gasteiger partial charge in [0.05, 0.1) is 11.9 Å². The number of aromatic nitrogens is 1. The van der Waals surface area contributed by atoms with Gasteiger partial charge in [-0.3, -0.25) is 9.54 Å². The first-order valence-corrected chi connectivity index (χ1v) is 11.1. The number of halogens is 1. The van der Waals surface area contributed by atoms with Crippen LogP contribution in [0.15, 0.2) is 42.1 Å². The van der Waals surface area contributed by atoms with E-state index >= 15 is 0 Å². The largest absolute Gasteiger partial charge is 0.316 e. The molecule has 0 spiro atoms. The number of hydrogen-bond donors (Lipinski definition) is 2. The second-order valence-electron chi connectivity index (χ2n) is 6.77. The quantitative estimate of drug-likeness (QED) is 0.654. The van der Waals surface area contributed by atoms with E-state index in [9.17, 15) is 8.42 Å². The Kier molecular flexibility index (Phi) is 6.32. The van der Waals surface area contributed by atoms with Gasteiger partial charge in [0.25, 0.3) is 10.1 Å². The molecule has 1 aromatic carbocycles. The molecule has 2 aromatic rings. The Morgan fingerprint density at radius 3 is 2.44 bits per heavy atom. The maximum atomic E-state index is 9.19. The highest BCUT2D eigenvalue weighted by Gasteiger charge is 2.23. The molecule has 5 nitrogen and oxygen atoms in total. The van der Waals surface area contributed by atoms with E-state index in [2.05, 4.69) is 23.5 Å². The molecule has 2 aliphatic rings. The Morgan fingerprint density at radius 2 is 1.74 bits per heavy atom. The van der Waals surface area contributed by atoms with E-state index in [0.717, 1.165) is 43.8 Å². The highest BCUT2D eigenvalue weighted by atomic mass is 35.5. The fourth-order valence-corrected chi connectivity index (χ4v) is 3.81. The molecule has 7 heteroatoms. The SMILES string of the molecule is CS(=O)(=O)O.Clc1ccc2c(c1)CCc1cccnc1C2=C1CCNCC1. The van der Waals surface area contributed by atoms with E-state index in [-0.39, 0.29) is 0 Å². The number of hydrogen-bond acceptors (Lipinski definition) is 4. The average Bonchev–Trinajstić information content (AvgIpc) is 2.78. The summed E-state index contributed by atoms with van der Waals surface area (Å²) in [5.74, 6) is 0. The molecular formula is C20H23ClN2O3S. The van der Waals surface area contributed by atoms with Crippen LogP contribution in [0.2, 0.25) is 5.02 Å². The second kappa shape index (κ2) is 8.52. The first-order chi connectivity index (χ1) is 12.8. The van der Waals surface area contributed by atoms with Crippen LogP contribution in [0.5, 0.6) is 0 Å². The maximum Gasteiger partial charge on any atom is 0.261 e. The van der Waals surface area contributed by atoms with Gasteiger partial charge in [0, 0.05) is 16.8 Å². The molecule has 1 aliphatic carbocycles. The Bertz CT molecular complexity index is 955. The zero-order chi connectivity index (χ0) is 19.4. The van der Waals surface area contributed by atoms with Gasteiger partial charge in [0.1, 0.15) is 0 Å². The van der Waals surface area contributed by atoms with Crippen molar-refractivity contribution < 1.29 is 13.0 Å². The normalized spacial score (nSPS) is 16.6. The summed E-state index contributed by atoms with van der Waals surface area (Å²) in [5, 5.41) is 4.28. The van der Waals surface area contributed by atoms with Crippen molar-refractivity contribution in [2.24, 2.45) is 0 Å². The van der Waals surface area contributed by atoms with Gasteiger partial charge in [-0.1, -0.05) is 29.3 Å². The van der Waals surface area contributed by atoms with Gasteiger partial charge in [-0.15, -0.1) is 0 Å². The third kappa shape index (κ3) is 5.39. The number of pyridine rings is 1. The number of benzene rings is 1. The highest BCUT2D eigenvalue weighted by Crippen LogP contribution is 2.37. The Hall–Kier alpha value is -1.73. The molecule has 0 atom stereocenters. The highest BCUT2D eigenvalue weighted by molar-refractivity contribution is 7.85. The van der Waals surface area contributed by atoms with Crippen LogP contribution in [0.4, 0.5) is 0 Å². The van der Waals surface area contributed by atoms with Gasteiger partial charge in [-0.05, 0) is 73.7 Å². The molecule has 1 aromatic heterocycles. The van der Waals surface area contributed by atoms with Gasteiger partial charge in [0.2, 0.25) is 0 Å². The standard InChI is InChI=1S/C19H19ClN2.CH4O3S/c20-16-5-6-17-15(12-16)4-3-14-2-1-9-22-19(14)18(17)13-7-10-21-11-8-13;1-5(2,3)4/h1-2,5-6,9,12,21H,3-4,7-8,10-11H2;1H3,(H,2,3,4). The van der Waals surface area contributed by atoms with Crippen molar-refractivity contribution in [3.63, 3.8) is 0 Å². The lowest BCUT2D eigenvalue weighted by Gasteiger charge is -2.21. The number of fused-ring (bicyclic) bond motifs is 2. The van der Waals surface area contributed by atoms with Crippen LogP contribution in [-0.2, 0) is 23.0 Å². The molecule has 0 radical (unpaired) electrons. The van der Waals surface area contributed by atoms with Gasteiger partial charge < -0.3 is 5.32 Å². The molecule has 4 rings (SSSR count).